The van der Waals surface area contributed by atoms with Gasteiger partial charge in [0, 0.05) is 17.0 Å². The first-order valence-electron chi connectivity index (χ1n) is 7.59. The molecule has 1 aromatic carbocycles. The van der Waals surface area contributed by atoms with Crippen molar-refractivity contribution < 1.29 is 0 Å². The average Bonchev–Trinajstić information content (AvgIpc) is 2.48. The van der Waals surface area contributed by atoms with Crippen LogP contribution in [0.3, 0.4) is 0 Å². The van der Waals surface area contributed by atoms with Crippen LogP contribution in [0.1, 0.15) is 38.2 Å². The number of aromatic nitrogens is 1. The molecule has 0 aliphatic heterocycles. The van der Waals surface area contributed by atoms with Gasteiger partial charge in [0.15, 0.2) is 0 Å². The fourth-order valence-electron chi connectivity index (χ4n) is 3.07. The first-order chi connectivity index (χ1) is 10.1. The summed E-state index contributed by atoms with van der Waals surface area (Å²) in [6.45, 7) is 2.33. The Balaban J connectivity index is 1.90. The molecule has 1 saturated carbocycles. The molecule has 0 saturated heterocycles. The van der Waals surface area contributed by atoms with Gasteiger partial charge in [-0.1, -0.05) is 37.3 Å². The van der Waals surface area contributed by atoms with E-state index < -0.39 is 0 Å². The summed E-state index contributed by atoms with van der Waals surface area (Å²) in [7, 11) is 0. The SMILES string of the molecule is CC1CCC(Nc2cc(C(N)=S)c3ccccc3n2)CC1. The number of nitrogens with two attached hydrogens (primary N) is 1. The van der Waals surface area contributed by atoms with Gasteiger partial charge in [0.25, 0.3) is 0 Å². The van der Waals surface area contributed by atoms with E-state index in [2.05, 4.69) is 12.2 Å². The lowest BCUT2D eigenvalue weighted by molar-refractivity contribution is 0.361. The van der Waals surface area contributed by atoms with E-state index in [0.29, 0.717) is 11.0 Å². The molecule has 0 atom stereocenters. The molecule has 0 amide bonds. The van der Waals surface area contributed by atoms with Gasteiger partial charge in [0.05, 0.1) is 5.52 Å². The van der Waals surface area contributed by atoms with Crippen LogP contribution in [0.15, 0.2) is 30.3 Å². The molecule has 21 heavy (non-hydrogen) atoms. The molecular formula is C17H21N3S. The third-order valence-electron chi connectivity index (χ3n) is 4.35. The van der Waals surface area contributed by atoms with Crippen molar-refractivity contribution in [2.45, 2.75) is 38.6 Å². The van der Waals surface area contributed by atoms with Crippen molar-refractivity contribution in [3.05, 3.63) is 35.9 Å². The molecule has 0 radical (unpaired) electrons. The molecule has 1 aliphatic rings. The Morgan fingerprint density at radius 3 is 2.67 bits per heavy atom. The predicted octanol–water partition coefficient (Wildman–Crippen LogP) is 3.86. The number of nitrogens with one attached hydrogen (secondary N) is 1. The second-order valence-corrected chi connectivity index (χ2v) is 6.48. The van der Waals surface area contributed by atoms with Gasteiger partial charge in [0.2, 0.25) is 0 Å². The summed E-state index contributed by atoms with van der Waals surface area (Å²) >= 11 is 5.19. The van der Waals surface area contributed by atoms with E-state index >= 15 is 0 Å². The smallest absolute Gasteiger partial charge is 0.127 e. The van der Waals surface area contributed by atoms with E-state index in [1.807, 2.05) is 30.3 Å². The van der Waals surface area contributed by atoms with Crippen molar-refractivity contribution in [2.75, 3.05) is 5.32 Å². The van der Waals surface area contributed by atoms with E-state index in [0.717, 1.165) is 28.2 Å². The highest BCUT2D eigenvalue weighted by atomic mass is 32.1. The highest BCUT2D eigenvalue weighted by Crippen LogP contribution is 2.27. The normalized spacial score (nSPS) is 22.1. The van der Waals surface area contributed by atoms with Crippen molar-refractivity contribution >= 4 is 33.9 Å². The Morgan fingerprint density at radius 1 is 1.24 bits per heavy atom. The zero-order valence-electron chi connectivity index (χ0n) is 12.3. The number of para-hydroxylation sites is 1. The minimum atomic E-state index is 0.425. The van der Waals surface area contributed by atoms with Gasteiger partial charge in [-0.3, -0.25) is 0 Å². The molecule has 1 aliphatic carbocycles. The van der Waals surface area contributed by atoms with Crippen LogP contribution in [0.4, 0.5) is 5.82 Å². The third kappa shape index (κ3) is 3.16. The summed E-state index contributed by atoms with van der Waals surface area (Å²) in [4.78, 5) is 5.13. The van der Waals surface area contributed by atoms with Crippen LogP contribution in [0, 0.1) is 5.92 Å². The summed E-state index contributed by atoms with van der Waals surface area (Å²) in [5, 5.41) is 4.58. The number of nitrogens with zero attached hydrogens (tertiary/aromatic N) is 1. The van der Waals surface area contributed by atoms with Gasteiger partial charge in [-0.15, -0.1) is 0 Å². The number of pyridine rings is 1. The number of anilines is 1. The van der Waals surface area contributed by atoms with Gasteiger partial charge in [-0.05, 0) is 43.7 Å². The molecule has 110 valence electrons. The zero-order chi connectivity index (χ0) is 14.8. The third-order valence-corrected chi connectivity index (χ3v) is 4.57. The number of thiocarbonyl (C=S) groups is 1. The Hall–Kier alpha value is -1.68. The number of hydrogen-bond donors (Lipinski definition) is 2. The quantitative estimate of drug-likeness (QED) is 0.845. The zero-order valence-corrected chi connectivity index (χ0v) is 13.1. The second kappa shape index (κ2) is 5.98. The van der Waals surface area contributed by atoms with Crippen LogP contribution in [0.25, 0.3) is 10.9 Å². The molecule has 1 fully saturated rings. The van der Waals surface area contributed by atoms with Gasteiger partial charge in [-0.2, -0.15) is 0 Å². The lowest BCUT2D eigenvalue weighted by Gasteiger charge is -2.27. The van der Waals surface area contributed by atoms with E-state index in [1.165, 1.54) is 25.7 Å². The standard InChI is InChI=1S/C17H21N3S/c1-11-6-8-12(9-7-11)19-16-10-14(17(18)21)13-4-2-3-5-15(13)20-16/h2-5,10-12H,6-9H2,1H3,(H2,18,21)(H,19,20). The molecule has 0 spiro atoms. The van der Waals surface area contributed by atoms with Crippen LogP contribution >= 0.6 is 12.2 Å². The topological polar surface area (TPSA) is 50.9 Å². The molecule has 0 bridgehead atoms. The maximum Gasteiger partial charge on any atom is 0.127 e. The highest BCUT2D eigenvalue weighted by Gasteiger charge is 2.19. The summed E-state index contributed by atoms with van der Waals surface area (Å²) in [5.41, 5.74) is 7.72. The molecule has 0 unspecified atom stereocenters. The van der Waals surface area contributed by atoms with Gasteiger partial charge in [0.1, 0.15) is 10.8 Å². The summed E-state index contributed by atoms with van der Waals surface area (Å²) in [6, 6.07) is 10.5. The van der Waals surface area contributed by atoms with Crippen LogP contribution in [-0.4, -0.2) is 16.0 Å². The van der Waals surface area contributed by atoms with Crippen LogP contribution in [0.5, 0.6) is 0 Å². The molecule has 4 heteroatoms. The van der Waals surface area contributed by atoms with E-state index in [-0.39, 0.29) is 0 Å². The minimum absolute atomic E-state index is 0.425. The minimum Gasteiger partial charge on any atom is -0.389 e. The molecule has 3 nitrogen and oxygen atoms in total. The maximum absolute atomic E-state index is 5.88. The van der Waals surface area contributed by atoms with Crippen LogP contribution < -0.4 is 11.1 Å². The van der Waals surface area contributed by atoms with Gasteiger partial charge in [-0.25, -0.2) is 4.98 Å². The van der Waals surface area contributed by atoms with Crippen molar-refractivity contribution in [2.24, 2.45) is 11.7 Å². The molecular weight excluding hydrogens is 278 g/mol. The van der Waals surface area contributed by atoms with Crippen LogP contribution in [-0.2, 0) is 0 Å². The number of rotatable bonds is 3. The predicted molar refractivity (Wildman–Crippen MR) is 92.7 cm³/mol. The van der Waals surface area contributed by atoms with E-state index in [4.69, 9.17) is 22.9 Å². The Kier molecular flexibility index (Phi) is 4.06. The fourth-order valence-corrected chi connectivity index (χ4v) is 3.24. The van der Waals surface area contributed by atoms with Crippen molar-refractivity contribution in [1.82, 2.24) is 4.98 Å². The van der Waals surface area contributed by atoms with Crippen molar-refractivity contribution in [3.63, 3.8) is 0 Å². The van der Waals surface area contributed by atoms with Gasteiger partial charge >= 0.3 is 0 Å². The van der Waals surface area contributed by atoms with Crippen molar-refractivity contribution in [3.8, 4) is 0 Å². The first kappa shape index (κ1) is 14.3. The van der Waals surface area contributed by atoms with Crippen LogP contribution in [0.2, 0.25) is 0 Å². The molecule has 1 aromatic heterocycles. The Morgan fingerprint density at radius 2 is 1.95 bits per heavy atom. The largest absolute Gasteiger partial charge is 0.389 e. The fraction of sp³-hybridized carbons (Fsp3) is 0.412. The Labute approximate surface area is 130 Å². The monoisotopic (exact) mass is 299 g/mol. The molecule has 1 heterocycles. The van der Waals surface area contributed by atoms with E-state index in [1.54, 1.807) is 0 Å². The Bertz CT molecular complexity index is 660. The lowest BCUT2D eigenvalue weighted by atomic mass is 9.87. The molecule has 3 N–H and O–H groups in total. The number of benzene rings is 1. The summed E-state index contributed by atoms with van der Waals surface area (Å²) in [5.74, 6) is 1.73. The number of hydrogen-bond acceptors (Lipinski definition) is 3. The van der Waals surface area contributed by atoms with E-state index in [9.17, 15) is 0 Å². The lowest BCUT2D eigenvalue weighted by Crippen LogP contribution is -2.26. The maximum atomic E-state index is 5.88. The number of fused-ring (bicyclic) bond motifs is 1. The van der Waals surface area contributed by atoms with Gasteiger partial charge < -0.3 is 11.1 Å². The second-order valence-electron chi connectivity index (χ2n) is 6.04. The molecule has 3 rings (SSSR count). The highest BCUT2D eigenvalue weighted by molar-refractivity contribution is 7.80. The van der Waals surface area contributed by atoms with Crippen molar-refractivity contribution in [1.29, 1.82) is 0 Å². The first-order valence-corrected chi connectivity index (χ1v) is 8.00. The molecule has 2 aromatic rings. The summed E-state index contributed by atoms with van der Waals surface area (Å²) in [6.07, 6.45) is 4.98. The summed E-state index contributed by atoms with van der Waals surface area (Å²) < 4.78 is 0. The average molecular weight is 299 g/mol.